The first-order valence-corrected chi connectivity index (χ1v) is 6.12. The maximum Gasteiger partial charge on any atom is 0.416 e. The Morgan fingerprint density at radius 1 is 1.24 bits per heavy atom. The molecule has 112 valence electrons. The molecule has 21 heavy (non-hydrogen) atoms. The van der Waals surface area contributed by atoms with Crippen LogP contribution in [-0.4, -0.2) is 11.1 Å². The van der Waals surface area contributed by atoms with Crippen LogP contribution in [0.3, 0.4) is 0 Å². The standard InChI is InChI=1S/C14H13F3N2O2/c1-7-6-10(4-5-11(7)14(15,16)17)18-13(20)12-8(2)19-21-9(12)3/h4-6H,1-3H3,(H,18,20). The number of anilines is 1. The molecule has 0 saturated carbocycles. The van der Waals surface area contributed by atoms with E-state index < -0.39 is 17.6 Å². The molecular weight excluding hydrogens is 285 g/mol. The minimum atomic E-state index is -4.41. The van der Waals surface area contributed by atoms with Crippen molar-refractivity contribution in [2.75, 3.05) is 5.32 Å². The third kappa shape index (κ3) is 3.07. The topological polar surface area (TPSA) is 55.1 Å². The highest BCUT2D eigenvalue weighted by Gasteiger charge is 2.32. The molecule has 0 atom stereocenters. The van der Waals surface area contributed by atoms with Crippen LogP contribution in [0.25, 0.3) is 0 Å². The zero-order chi connectivity index (χ0) is 15.8. The normalized spacial score (nSPS) is 11.5. The van der Waals surface area contributed by atoms with E-state index in [4.69, 9.17) is 4.52 Å². The third-order valence-corrected chi connectivity index (χ3v) is 3.05. The number of alkyl halides is 3. The highest BCUT2D eigenvalue weighted by atomic mass is 19.4. The summed E-state index contributed by atoms with van der Waals surface area (Å²) >= 11 is 0. The smallest absolute Gasteiger partial charge is 0.361 e. The van der Waals surface area contributed by atoms with Crippen LogP contribution in [0, 0.1) is 20.8 Å². The van der Waals surface area contributed by atoms with Crippen LogP contribution in [0.1, 0.15) is 32.9 Å². The molecule has 7 heteroatoms. The summed E-state index contributed by atoms with van der Waals surface area (Å²) in [7, 11) is 0. The lowest BCUT2D eigenvalue weighted by atomic mass is 10.1. The zero-order valence-corrected chi connectivity index (χ0v) is 11.6. The fraction of sp³-hybridized carbons (Fsp3) is 0.286. The fourth-order valence-electron chi connectivity index (χ4n) is 2.06. The molecule has 0 fully saturated rings. The van der Waals surface area contributed by atoms with Crippen LogP contribution in [0.2, 0.25) is 0 Å². The van der Waals surface area contributed by atoms with Gasteiger partial charge in [0.1, 0.15) is 11.3 Å². The van der Waals surface area contributed by atoms with E-state index >= 15 is 0 Å². The molecule has 1 heterocycles. The Balaban J connectivity index is 2.25. The monoisotopic (exact) mass is 298 g/mol. The van der Waals surface area contributed by atoms with Crippen molar-refractivity contribution in [3.05, 3.63) is 46.3 Å². The Kier molecular flexibility index (Phi) is 3.76. The van der Waals surface area contributed by atoms with Gasteiger partial charge in [0.05, 0.1) is 11.3 Å². The predicted molar refractivity (Wildman–Crippen MR) is 70.1 cm³/mol. The van der Waals surface area contributed by atoms with Crippen molar-refractivity contribution in [1.29, 1.82) is 0 Å². The Morgan fingerprint density at radius 3 is 2.38 bits per heavy atom. The van der Waals surface area contributed by atoms with E-state index in [1.54, 1.807) is 13.8 Å². The van der Waals surface area contributed by atoms with E-state index in [9.17, 15) is 18.0 Å². The molecule has 0 spiro atoms. The van der Waals surface area contributed by atoms with Crippen LogP contribution in [0.5, 0.6) is 0 Å². The lowest BCUT2D eigenvalue weighted by Crippen LogP contribution is -2.14. The quantitative estimate of drug-likeness (QED) is 0.915. The summed E-state index contributed by atoms with van der Waals surface area (Å²) < 4.78 is 42.9. The van der Waals surface area contributed by atoms with Crippen molar-refractivity contribution >= 4 is 11.6 Å². The Labute approximate surface area is 118 Å². The van der Waals surface area contributed by atoms with Crippen LogP contribution in [0.15, 0.2) is 22.7 Å². The first-order chi connectivity index (χ1) is 9.70. The molecule has 4 nitrogen and oxygen atoms in total. The van der Waals surface area contributed by atoms with Gasteiger partial charge in [0, 0.05) is 5.69 Å². The summed E-state index contributed by atoms with van der Waals surface area (Å²) in [6, 6.07) is 3.43. The van der Waals surface area contributed by atoms with Gasteiger partial charge >= 0.3 is 6.18 Å². The number of hydrogen-bond acceptors (Lipinski definition) is 3. The molecule has 1 amide bonds. The van der Waals surface area contributed by atoms with E-state index in [1.165, 1.54) is 19.1 Å². The Bertz CT molecular complexity index is 671. The molecule has 2 rings (SSSR count). The molecule has 0 aliphatic rings. The summed E-state index contributed by atoms with van der Waals surface area (Å²) in [5, 5.41) is 6.20. The summed E-state index contributed by atoms with van der Waals surface area (Å²) in [5.41, 5.74) is 0.309. The number of hydrogen-bond donors (Lipinski definition) is 1. The van der Waals surface area contributed by atoms with E-state index in [0.717, 1.165) is 6.07 Å². The van der Waals surface area contributed by atoms with Gasteiger partial charge in [-0.3, -0.25) is 4.79 Å². The van der Waals surface area contributed by atoms with Gasteiger partial charge in [-0.05, 0) is 44.5 Å². The zero-order valence-electron chi connectivity index (χ0n) is 11.6. The highest BCUT2D eigenvalue weighted by Crippen LogP contribution is 2.33. The SMILES string of the molecule is Cc1cc(NC(=O)c2c(C)noc2C)ccc1C(F)(F)F. The summed E-state index contributed by atoms with van der Waals surface area (Å²) in [5.74, 6) is -0.112. The number of benzene rings is 1. The fourth-order valence-corrected chi connectivity index (χ4v) is 2.06. The van der Waals surface area contributed by atoms with Crippen molar-refractivity contribution in [2.24, 2.45) is 0 Å². The summed E-state index contributed by atoms with van der Waals surface area (Å²) in [6.45, 7) is 4.55. The third-order valence-electron chi connectivity index (χ3n) is 3.05. The predicted octanol–water partition coefficient (Wildman–Crippen LogP) is 3.87. The number of aryl methyl sites for hydroxylation is 3. The highest BCUT2D eigenvalue weighted by molar-refractivity contribution is 6.05. The molecule has 1 aromatic carbocycles. The van der Waals surface area contributed by atoms with Gasteiger partial charge in [-0.2, -0.15) is 13.2 Å². The van der Waals surface area contributed by atoms with Crippen LogP contribution < -0.4 is 5.32 Å². The Hall–Kier alpha value is -2.31. The van der Waals surface area contributed by atoms with Gasteiger partial charge in [-0.1, -0.05) is 5.16 Å². The second kappa shape index (κ2) is 5.23. The lowest BCUT2D eigenvalue weighted by Gasteiger charge is -2.12. The molecular formula is C14H13F3N2O2. The first-order valence-electron chi connectivity index (χ1n) is 6.12. The summed E-state index contributed by atoms with van der Waals surface area (Å²) in [6.07, 6.45) is -4.41. The van der Waals surface area contributed by atoms with E-state index in [1.807, 2.05) is 0 Å². The largest absolute Gasteiger partial charge is 0.416 e. The van der Waals surface area contributed by atoms with Crippen molar-refractivity contribution < 1.29 is 22.5 Å². The van der Waals surface area contributed by atoms with E-state index in [2.05, 4.69) is 10.5 Å². The molecule has 0 saturated heterocycles. The number of halogens is 3. The maximum absolute atomic E-state index is 12.7. The van der Waals surface area contributed by atoms with Crippen molar-refractivity contribution in [1.82, 2.24) is 5.16 Å². The van der Waals surface area contributed by atoms with Gasteiger partial charge in [-0.15, -0.1) is 0 Å². The summed E-state index contributed by atoms with van der Waals surface area (Å²) in [4.78, 5) is 12.1. The number of carbonyl (C=O) groups excluding carboxylic acids is 1. The lowest BCUT2D eigenvalue weighted by molar-refractivity contribution is -0.138. The molecule has 0 radical (unpaired) electrons. The minimum Gasteiger partial charge on any atom is -0.361 e. The molecule has 2 aromatic rings. The molecule has 0 aliphatic heterocycles. The number of aromatic nitrogens is 1. The average Bonchev–Trinajstić information content (AvgIpc) is 2.67. The average molecular weight is 298 g/mol. The number of carbonyl (C=O) groups is 1. The molecule has 1 aromatic heterocycles. The maximum atomic E-state index is 12.7. The second-order valence-electron chi connectivity index (χ2n) is 4.68. The van der Waals surface area contributed by atoms with Gasteiger partial charge in [0.2, 0.25) is 0 Å². The van der Waals surface area contributed by atoms with Crippen molar-refractivity contribution in [3.8, 4) is 0 Å². The molecule has 0 unspecified atom stereocenters. The van der Waals surface area contributed by atoms with Crippen LogP contribution in [-0.2, 0) is 6.18 Å². The van der Waals surface area contributed by atoms with Crippen LogP contribution in [0.4, 0.5) is 18.9 Å². The Morgan fingerprint density at radius 2 is 1.90 bits per heavy atom. The van der Waals surface area contributed by atoms with Crippen LogP contribution >= 0.6 is 0 Å². The number of amides is 1. The number of rotatable bonds is 2. The minimum absolute atomic E-state index is 0.0408. The molecule has 1 N–H and O–H groups in total. The van der Waals surface area contributed by atoms with Gasteiger partial charge in [0.15, 0.2) is 0 Å². The number of nitrogens with zero attached hydrogens (tertiary/aromatic N) is 1. The second-order valence-corrected chi connectivity index (χ2v) is 4.68. The first kappa shape index (κ1) is 15.1. The van der Waals surface area contributed by atoms with Crippen molar-refractivity contribution in [2.45, 2.75) is 26.9 Å². The van der Waals surface area contributed by atoms with Gasteiger partial charge in [0.25, 0.3) is 5.91 Å². The van der Waals surface area contributed by atoms with Gasteiger partial charge < -0.3 is 9.84 Å². The molecule has 0 aliphatic carbocycles. The molecule has 0 bridgehead atoms. The van der Waals surface area contributed by atoms with Gasteiger partial charge in [-0.25, -0.2) is 0 Å². The van der Waals surface area contributed by atoms with E-state index in [0.29, 0.717) is 11.5 Å². The van der Waals surface area contributed by atoms with E-state index in [-0.39, 0.29) is 16.8 Å². The van der Waals surface area contributed by atoms with Crippen molar-refractivity contribution in [3.63, 3.8) is 0 Å². The number of nitrogens with one attached hydrogen (secondary N) is 1.